The second-order valence-electron chi connectivity index (χ2n) is 7.09. The summed E-state index contributed by atoms with van der Waals surface area (Å²) < 4.78 is 5.77. The Morgan fingerprint density at radius 1 is 1.25 bits per heavy atom. The second-order valence-corrected chi connectivity index (χ2v) is 7.09. The first-order valence-corrected chi connectivity index (χ1v) is 8.39. The summed E-state index contributed by atoms with van der Waals surface area (Å²) in [4.78, 5) is 16.6. The number of pyridine rings is 1. The smallest absolute Gasteiger partial charge is 0.224 e. The van der Waals surface area contributed by atoms with E-state index in [1.54, 1.807) is 6.20 Å². The molecule has 1 aliphatic carbocycles. The Kier molecular flexibility index (Phi) is 4.95. The van der Waals surface area contributed by atoms with Crippen LogP contribution in [0.3, 0.4) is 0 Å². The van der Waals surface area contributed by atoms with Crippen LogP contribution < -0.4 is 5.32 Å². The van der Waals surface area contributed by atoms with E-state index in [0.717, 1.165) is 17.5 Å². The van der Waals surface area contributed by atoms with Gasteiger partial charge in [-0.3, -0.25) is 9.78 Å². The Labute approximate surface area is 143 Å². The predicted molar refractivity (Wildman–Crippen MR) is 93.4 cm³/mol. The van der Waals surface area contributed by atoms with Crippen LogP contribution in [0.2, 0.25) is 0 Å². The van der Waals surface area contributed by atoms with E-state index < -0.39 is 0 Å². The Bertz CT molecular complexity index is 671. The number of ether oxygens (including phenoxy) is 1. The second kappa shape index (κ2) is 7.14. The lowest BCUT2D eigenvalue weighted by molar-refractivity contribution is -0.124. The van der Waals surface area contributed by atoms with E-state index in [-0.39, 0.29) is 17.4 Å². The van der Waals surface area contributed by atoms with E-state index in [2.05, 4.69) is 10.3 Å². The molecule has 3 rings (SSSR count). The maximum absolute atomic E-state index is 12.5. The average molecular weight is 324 g/mol. The molecule has 0 aliphatic heterocycles. The van der Waals surface area contributed by atoms with E-state index in [9.17, 15) is 4.79 Å². The number of nitrogens with one attached hydrogen (secondary N) is 1. The zero-order chi connectivity index (χ0) is 17.0. The summed E-state index contributed by atoms with van der Waals surface area (Å²) in [5.74, 6) is 0.472. The highest BCUT2D eigenvalue weighted by Crippen LogP contribution is 2.47. The molecule has 1 heterocycles. The van der Waals surface area contributed by atoms with Crippen LogP contribution >= 0.6 is 0 Å². The fourth-order valence-corrected chi connectivity index (χ4v) is 2.91. The van der Waals surface area contributed by atoms with Crippen LogP contribution in [0.4, 0.5) is 0 Å². The highest BCUT2D eigenvalue weighted by molar-refractivity contribution is 5.83. The average Bonchev–Trinajstić information content (AvgIpc) is 3.37. The number of amides is 1. The third kappa shape index (κ3) is 4.42. The van der Waals surface area contributed by atoms with Crippen LogP contribution in [-0.2, 0) is 16.1 Å². The Morgan fingerprint density at radius 3 is 2.75 bits per heavy atom. The van der Waals surface area contributed by atoms with E-state index >= 15 is 0 Å². The Balaban J connectivity index is 1.45. The van der Waals surface area contributed by atoms with Crippen LogP contribution in [0, 0.1) is 5.92 Å². The van der Waals surface area contributed by atoms with Gasteiger partial charge in [0.1, 0.15) is 0 Å². The molecule has 1 aromatic carbocycles. The number of hydrogen-bond donors (Lipinski definition) is 1. The summed E-state index contributed by atoms with van der Waals surface area (Å²) in [5, 5.41) is 3.12. The number of rotatable bonds is 7. The van der Waals surface area contributed by atoms with E-state index in [4.69, 9.17) is 4.74 Å². The molecule has 2 atom stereocenters. The van der Waals surface area contributed by atoms with Crippen molar-refractivity contribution in [2.24, 2.45) is 5.92 Å². The largest absolute Gasteiger partial charge is 0.374 e. The molecule has 0 bridgehead atoms. The monoisotopic (exact) mass is 324 g/mol. The summed E-state index contributed by atoms with van der Waals surface area (Å²) >= 11 is 0. The van der Waals surface area contributed by atoms with E-state index in [1.165, 1.54) is 0 Å². The highest BCUT2D eigenvalue weighted by atomic mass is 16.5. The van der Waals surface area contributed by atoms with Gasteiger partial charge >= 0.3 is 0 Å². The molecule has 0 spiro atoms. The van der Waals surface area contributed by atoms with Gasteiger partial charge in [-0.05, 0) is 43.4 Å². The van der Waals surface area contributed by atoms with Crippen molar-refractivity contribution in [1.82, 2.24) is 10.3 Å². The van der Waals surface area contributed by atoms with Gasteiger partial charge in [0.25, 0.3) is 0 Å². The molecule has 1 aromatic heterocycles. The number of carbonyl (C=O) groups is 1. The molecule has 1 fully saturated rings. The predicted octanol–water partition coefficient (Wildman–Crippen LogP) is 3.30. The van der Waals surface area contributed by atoms with Crippen molar-refractivity contribution in [2.45, 2.75) is 38.3 Å². The number of carbonyl (C=O) groups excluding carboxylic acids is 1. The number of aromatic nitrogens is 1. The van der Waals surface area contributed by atoms with Gasteiger partial charge in [0.2, 0.25) is 5.91 Å². The summed E-state index contributed by atoms with van der Waals surface area (Å²) in [5.41, 5.74) is 1.91. The molecule has 2 unspecified atom stereocenters. The first-order valence-electron chi connectivity index (χ1n) is 8.39. The van der Waals surface area contributed by atoms with E-state index in [1.807, 2.05) is 62.5 Å². The molecular formula is C20H24N2O2. The summed E-state index contributed by atoms with van der Waals surface area (Å²) in [7, 11) is 0. The molecule has 126 valence electrons. The fourth-order valence-electron chi connectivity index (χ4n) is 2.91. The highest BCUT2D eigenvalue weighted by Gasteiger charge is 2.45. The molecule has 1 amide bonds. The van der Waals surface area contributed by atoms with Crippen molar-refractivity contribution in [2.75, 3.05) is 6.61 Å². The maximum Gasteiger partial charge on any atom is 0.224 e. The maximum atomic E-state index is 12.5. The molecule has 4 heteroatoms. The molecular weight excluding hydrogens is 300 g/mol. The normalized spacial score (nSPS) is 19.8. The third-order valence-electron chi connectivity index (χ3n) is 4.28. The first kappa shape index (κ1) is 16.7. The summed E-state index contributed by atoms with van der Waals surface area (Å²) in [6.45, 7) is 5.04. The zero-order valence-corrected chi connectivity index (χ0v) is 14.2. The standard InChI is InChI=1S/C20H24N2O2/c1-20(2,14-24-13-15-7-4-3-5-8-15)22-19(23)18-11-17(18)16-9-6-10-21-12-16/h3-10,12,17-18H,11,13-14H2,1-2H3,(H,22,23). The van der Waals surface area contributed by atoms with Crippen LogP contribution in [0.25, 0.3) is 0 Å². The molecule has 0 saturated heterocycles. The SMILES string of the molecule is CC(C)(COCc1ccccc1)NC(=O)C1CC1c1cccnc1. The van der Waals surface area contributed by atoms with Crippen molar-refractivity contribution in [1.29, 1.82) is 0 Å². The van der Waals surface area contributed by atoms with Crippen molar-refractivity contribution in [3.05, 3.63) is 66.0 Å². The lowest BCUT2D eigenvalue weighted by Gasteiger charge is -2.26. The van der Waals surface area contributed by atoms with Gasteiger partial charge in [0, 0.05) is 18.3 Å². The van der Waals surface area contributed by atoms with Crippen molar-refractivity contribution in [3.8, 4) is 0 Å². The van der Waals surface area contributed by atoms with Crippen LogP contribution in [-0.4, -0.2) is 23.0 Å². The molecule has 24 heavy (non-hydrogen) atoms. The lowest BCUT2D eigenvalue weighted by Crippen LogP contribution is -2.47. The molecule has 1 saturated carbocycles. The number of benzene rings is 1. The van der Waals surface area contributed by atoms with Crippen molar-refractivity contribution in [3.63, 3.8) is 0 Å². The quantitative estimate of drug-likeness (QED) is 0.850. The summed E-state index contributed by atoms with van der Waals surface area (Å²) in [6, 6.07) is 14.0. The minimum Gasteiger partial charge on any atom is -0.374 e. The molecule has 0 radical (unpaired) electrons. The van der Waals surface area contributed by atoms with Gasteiger partial charge < -0.3 is 10.1 Å². The van der Waals surface area contributed by atoms with Crippen molar-refractivity contribution >= 4 is 5.91 Å². The van der Waals surface area contributed by atoms with Crippen LogP contribution in [0.1, 0.15) is 37.3 Å². The van der Waals surface area contributed by atoms with Crippen LogP contribution in [0.5, 0.6) is 0 Å². The Morgan fingerprint density at radius 2 is 2.04 bits per heavy atom. The van der Waals surface area contributed by atoms with Gasteiger partial charge in [-0.15, -0.1) is 0 Å². The molecule has 4 nitrogen and oxygen atoms in total. The fraction of sp³-hybridized carbons (Fsp3) is 0.400. The topological polar surface area (TPSA) is 51.2 Å². The third-order valence-corrected chi connectivity index (χ3v) is 4.28. The lowest BCUT2D eigenvalue weighted by atomic mass is 10.1. The molecule has 1 aliphatic rings. The van der Waals surface area contributed by atoms with Gasteiger partial charge in [-0.2, -0.15) is 0 Å². The van der Waals surface area contributed by atoms with Crippen LogP contribution in [0.15, 0.2) is 54.9 Å². The van der Waals surface area contributed by atoms with Gasteiger partial charge in [0.15, 0.2) is 0 Å². The van der Waals surface area contributed by atoms with E-state index in [0.29, 0.717) is 19.1 Å². The summed E-state index contributed by atoms with van der Waals surface area (Å²) in [6.07, 6.45) is 4.51. The van der Waals surface area contributed by atoms with Gasteiger partial charge in [0.05, 0.1) is 18.8 Å². The number of hydrogen-bond acceptors (Lipinski definition) is 3. The molecule has 2 aromatic rings. The molecule has 1 N–H and O–H groups in total. The van der Waals surface area contributed by atoms with Crippen molar-refractivity contribution < 1.29 is 9.53 Å². The minimum atomic E-state index is -0.381. The van der Waals surface area contributed by atoms with Gasteiger partial charge in [-0.25, -0.2) is 0 Å². The first-order chi connectivity index (χ1) is 11.6. The number of nitrogens with zero attached hydrogens (tertiary/aromatic N) is 1. The minimum absolute atomic E-state index is 0.0580. The Hall–Kier alpha value is -2.20. The van der Waals surface area contributed by atoms with Gasteiger partial charge in [-0.1, -0.05) is 36.4 Å². The zero-order valence-electron chi connectivity index (χ0n) is 14.2.